The van der Waals surface area contributed by atoms with Crippen LogP contribution in [0.15, 0.2) is 0 Å². The zero-order chi connectivity index (χ0) is 12.3. The number of hydrogen-bond donors (Lipinski definition) is 1. The van der Waals surface area contributed by atoms with Crippen LogP contribution in [0.2, 0.25) is 0 Å². The molecule has 0 aromatic heterocycles. The van der Waals surface area contributed by atoms with Gasteiger partial charge in [-0.05, 0) is 24.7 Å². The second kappa shape index (κ2) is 4.85. The molecule has 0 aliphatic heterocycles. The first-order chi connectivity index (χ1) is 7.44. The van der Waals surface area contributed by atoms with Gasteiger partial charge in [0.1, 0.15) is 6.54 Å². The fraction of sp³-hybridized carbons (Fsp3) is 0.833. The molecule has 2 atom stereocenters. The fourth-order valence-electron chi connectivity index (χ4n) is 2.10. The topological polar surface area (TPSA) is 57.6 Å². The Morgan fingerprint density at radius 1 is 1.44 bits per heavy atom. The third kappa shape index (κ3) is 2.74. The van der Waals surface area contributed by atoms with E-state index in [1.54, 1.807) is 0 Å². The number of carboxylic acid groups (broad SMARTS) is 1. The van der Waals surface area contributed by atoms with Crippen LogP contribution in [0.5, 0.6) is 0 Å². The molecule has 1 aliphatic carbocycles. The van der Waals surface area contributed by atoms with E-state index in [4.69, 9.17) is 5.11 Å². The molecule has 0 spiro atoms. The number of amides is 1. The van der Waals surface area contributed by atoms with Gasteiger partial charge < -0.3 is 10.0 Å². The van der Waals surface area contributed by atoms with Gasteiger partial charge in [0.15, 0.2) is 0 Å². The Labute approximate surface area is 96.6 Å². The van der Waals surface area contributed by atoms with Crippen LogP contribution in [0, 0.1) is 11.3 Å². The van der Waals surface area contributed by atoms with E-state index in [1.807, 2.05) is 6.92 Å². The maximum atomic E-state index is 12.1. The summed E-state index contributed by atoms with van der Waals surface area (Å²) in [7, 11) is 0. The molecule has 1 aliphatic rings. The van der Waals surface area contributed by atoms with Crippen molar-refractivity contribution in [2.45, 2.75) is 40.0 Å². The Kier molecular flexibility index (Phi) is 3.94. The molecule has 1 saturated carbocycles. The summed E-state index contributed by atoms with van der Waals surface area (Å²) in [5, 5.41) is 8.76. The van der Waals surface area contributed by atoms with Gasteiger partial charge in [0.2, 0.25) is 5.91 Å². The molecule has 2 unspecified atom stereocenters. The number of hydrogen-bond acceptors (Lipinski definition) is 2. The third-order valence-electron chi connectivity index (χ3n) is 3.59. The normalized spacial score (nSPS) is 27.6. The highest BCUT2D eigenvalue weighted by Gasteiger charge is 2.54. The average Bonchev–Trinajstić information content (AvgIpc) is 2.89. The number of nitrogens with zero attached hydrogens (tertiary/aromatic N) is 1. The van der Waals surface area contributed by atoms with E-state index in [1.165, 1.54) is 4.90 Å². The predicted octanol–water partition coefficient (Wildman–Crippen LogP) is 1.75. The second-order valence-corrected chi connectivity index (χ2v) is 4.92. The average molecular weight is 227 g/mol. The molecule has 1 N–H and O–H groups in total. The molecule has 16 heavy (non-hydrogen) atoms. The van der Waals surface area contributed by atoms with Gasteiger partial charge in [-0.3, -0.25) is 9.59 Å². The van der Waals surface area contributed by atoms with Crippen molar-refractivity contribution in [3.63, 3.8) is 0 Å². The summed E-state index contributed by atoms with van der Waals surface area (Å²) >= 11 is 0. The van der Waals surface area contributed by atoms with E-state index in [2.05, 4.69) is 13.8 Å². The van der Waals surface area contributed by atoms with Gasteiger partial charge in [0.05, 0.1) is 0 Å². The lowest BCUT2D eigenvalue weighted by atomic mass is 10.0. The molecule has 0 heterocycles. The van der Waals surface area contributed by atoms with Gasteiger partial charge in [0.25, 0.3) is 0 Å². The Morgan fingerprint density at radius 3 is 2.44 bits per heavy atom. The third-order valence-corrected chi connectivity index (χ3v) is 3.59. The fourth-order valence-corrected chi connectivity index (χ4v) is 2.10. The first-order valence-corrected chi connectivity index (χ1v) is 5.95. The van der Waals surface area contributed by atoms with E-state index in [-0.39, 0.29) is 23.8 Å². The van der Waals surface area contributed by atoms with Crippen LogP contribution in [0.1, 0.15) is 40.0 Å². The predicted molar refractivity (Wildman–Crippen MR) is 61.0 cm³/mol. The van der Waals surface area contributed by atoms with Crippen LogP contribution in [0.3, 0.4) is 0 Å². The van der Waals surface area contributed by atoms with Crippen molar-refractivity contribution in [1.29, 1.82) is 0 Å². The Bertz CT molecular complexity index is 290. The smallest absolute Gasteiger partial charge is 0.323 e. The lowest BCUT2D eigenvalue weighted by Crippen LogP contribution is -2.38. The molecule has 0 aromatic carbocycles. The number of carbonyl (C=O) groups excluding carboxylic acids is 1. The van der Waals surface area contributed by atoms with Crippen molar-refractivity contribution in [1.82, 2.24) is 4.90 Å². The molecule has 1 amide bonds. The highest BCUT2D eigenvalue weighted by atomic mass is 16.4. The van der Waals surface area contributed by atoms with Crippen molar-refractivity contribution in [2.24, 2.45) is 11.3 Å². The van der Waals surface area contributed by atoms with Gasteiger partial charge in [-0.1, -0.05) is 20.8 Å². The van der Waals surface area contributed by atoms with E-state index in [0.29, 0.717) is 6.54 Å². The zero-order valence-corrected chi connectivity index (χ0v) is 10.3. The summed E-state index contributed by atoms with van der Waals surface area (Å²) in [4.78, 5) is 24.2. The van der Waals surface area contributed by atoms with Crippen LogP contribution >= 0.6 is 0 Å². The Morgan fingerprint density at radius 2 is 2.06 bits per heavy atom. The maximum absolute atomic E-state index is 12.1. The van der Waals surface area contributed by atoms with Crippen LogP contribution in [-0.2, 0) is 9.59 Å². The van der Waals surface area contributed by atoms with Gasteiger partial charge in [-0.2, -0.15) is 0 Å². The van der Waals surface area contributed by atoms with Crippen LogP contribution in [-0.4, -0.2) is 35.0 Å². The molecular weight excluding hydrogens is 206 g/mol. The Balaban J connectivity index is 2.59. The highest BCUT2D eigenvalue weighted by molar-refractivity contribution is 5.85. The minimum atomic E-state index is -0.930. The van der Waals surface area contributed by atoms with Crippen molar-refractivity contribution in [3.05, 3.63) is 0 Å². The number of aliphatic carboxylic acids is 1. The highest BCUT2D eigenvalue weighted by Crippen LogP contribution is 2.55. The summed E-state index contributed by atoms with van der Waals surface area (Å²) in [6.07, 6.45) is 2.69. The van der Waals surface area contributed by atoms with E-state index in [9.17, 15) is 9.59 Å². The number of carbonyl (C=O) groups is 2. The minimum Gasteiger partial charge on any atom is -0.480 e. The summed E-state index contributed by atoms with van der Waals surface area (Å²) in [6, 6.07) is 0. The lowest BCUT2D eigenvalue weighted by Gasteiger charge is -2.21. The first-order valence-electron chi connectivity index (χ1n) is 5.95. The van der Waals surface area contributed by atoms with Gasteiger partial charge in [-0.25, -0.2) is 0 Å². The van der Waals surface area contributed by atoms with Gasteiger partial charge in [0, 0.05) is 12.5 Å². The minimum absolute atomic E-state index is 0.0219. The SMILES string of the molecule is CCCN(CC(=O)O)C(=O)C1CC1(C)CC. The number of carboxylic acids is 1. The lowest BCUT2D eigenvalue weighted by molar-refractivity contribution is -0.145. The molecule has 1 fully saturated rings. The quantitative estimate of drug-likeness (QED) is 0.752. The molecule has 92 valence electrons. The molecule has 0 bridgehead atoms. The van der Waals surface area contributed by atoms with Crippen molar-refractivity contribution >= 4 is 11.9 Å². The van der Waals surface area contributed by atoms with Crippen LogP contribution in [0.4, 0.5) is 0 Å². The monoisotopic (exact) mass is 227 g/mol. The van der Waals surface area contributed by atoms with Crippen LogP contribution < -0.4 is 0 Å². The van der Waals surface area contributed by atoms with Crippen LogP contribution in [0.25, 0.3) is 0 Å². The van der Waals surface area contributed by atoms with Gasteiger partial charge >= 0.3 is 5.97 Å². The van der Waals surface area contributed by atoms with Crippen molar-refractivity contribution < 1.29 is 14.7 Å². The molecule has 0 saturated heterocycles. The largest absolute Gasteiger partial charge is 0.480 e. The summed E-state index contributed by atoms with van der Waals surface area (Å²) < 4.78 is 0. The zero-order valence-electron chi connectivity index (χ0n) is 10.3. The summed E-state index contributed by atoms with van der Waals surface area (Å²) in [5.74, 6) is -0.863. The van der Waals surface area contributed by atoms with E-state index in [0.717, 1.165) is 19.3 Å². The maximum Gasteiger partial charge on any atom is 0.323 e. The molecule has 4 nitrogen and oxygen atoms in total. The molecule has 0 radical (unpaired) electrons. The summed E-state index contributed by atoms with van der Waals surface area (Å²) in [6.45, 7) is 6.51. The first kappa shape index (κ1) is 13.0. The molecular formula is C12H21NO3. The summed E-state index contributed by atoms with van der Waals surface area (Å²) in [5.41, 5.74) is 0.113. The molecule has 4 heteroatoms. The molecule has 0 aromatic rings. The number of rotatable bonds is 6. The van der Waals surface area contributed by atoms with Crippen molar-refractivity contribution in [3.8, 4) is 0 Å². The Hall–Kier alpha value is -1.06. The van der Waals surface area contributed by atoms with Gasteiger partial charge in [-0.15, -0.1) is 0 Å². The van der Waals surface area contributed by atoms with E-state index < -0.39 is 5.97 Å². The van der Waals surface area contributed by atoms with E-state index >= 15 is 0 Å². The molecule has 1 rings (SSSR count). The second-order valence-electron chi connectivity index (χ2n) is 4.92. The van der Waals surface area contributed by atoms with Crippen molar-refractivity contribution in [2.75, 3.05) is 13.1 Å². The standard InChI is InChI=1S/C12H21NO3/c1-4-6-13(8-10(14)15)11(16)9-7-12(9,3)5-2/h9H,4-8H2,1-3H3,(H,14,15).